The lowest BCUT2D eigenvalue weighted by molar-refractivity contribution is 0.640. The van der Waals surface area contributed by atoms with Crippen LogP contribution in [0, 0.1) is 11.3 Å². The fraction of sp³-hybridized carbons (Fsp3) is 0.154. The Morgan fingerprint density at radius 1 is 1.39 bits per heavy atom. The zero-order valence-electron chi connectivity index (χ0n) is 9.92. The average molecular weight is 240 g/mol. The third-order valence-corrected chi connectivity index (χ3v) is 2.57. The van der Waals surface area contributed by atoms with Gasteiger partial charge in [-0.1, -0.05) is 12.1 Å². The highest BCUT2D eigenvalue weighted by Crippen LogP contribution is 2.04. The highest BCUT2D eigenvalue weighted by atomic mass is 16.1. The molecule has 0 atom stereocenters. The smallest absolute Gasteiger partial charge is 0.269 e. The maximum atomic E-state index is 11.7. The molecule has 1 N–H and O–H groups in total. The Labute approximate surface area is 104 Å². The van der Waals surface area contributed by atoms with Gasteiger partial charge in [0.1, 0.15) is 0 Å². The van der Waals surface area contributed by atoms with E-state index in [-0.39, 0.29) is 5.56 Å². The van der Waals surface area contributed by atoms with E-state index in [1.807, 2.05) is 12.1 Å². The number of nitrogens with zero attached hydrogens (tertiary/aromatic N) is 3. The molecule has 0 unspecified atom stereocenters. The Hall–Kier alpha value is -2.61. The highest BCUT2D eigenvalue weighted by molar-refractivity contribution is 5.37. The molecule has 0 amide bonds. The molecule has 0 aliphatic carbocycles. The standard InChI is InChI=1S/C13H12N4O/c1-15-12-6-13(18)17(16-8-12)9-11-4-2-10(7-14)3-5-11/h2-6,8,15H,9H2,1H3. The summed E-state index contributed by atoms with van der Waals surface area (Å²) in [6.45, 7) is 0.397. The second kappa shape index (κ2) is 5.15. The molecule has 5 nitrogen and oxygen atoms in total. The molecule has 5 heteroatoms. The SMILES string of the molecule is CNc1cnn(Cc2ccc(C#N)cc2)c(=O)c1. The topological polar surface area (TPSA) is 70.7 Å². The quantitative estimate of drug-likeness (QED) is 0.875. The molecule has 2 aromatic rings. The molecule has 0 fully saturated rings. The minimum Gasteiger partial charge on any atom is -0.387 e. The van der Waals surface area contributed by atoms with E-state index in [0.29, 0.717) is 17.8 Å². The zero-order chi connectivity index (χ0) is 13.0. The summed E-state index contributed by atoms with van der Waals surface area (Å²) in [5, 5.41) is 15.6. The minimum absolute atomic E-state index is 0.161. The number of anilines is 1. The molecule has 0 saturated carbocycles. The van der Waals surface area contributed by atoms with Crippen molar-refractivity contribution < 1.29 is 0 Å². The van der Waals surface area contributed by atoms with E-state index < -0.39 is 0 Å². The molecule has 1 heterocycles. The zero-order valence-corrected chi connectivity index (χ0v) is 9.92. The van der Waals surface area contributed by atoms with Gasteiger partial charge in [0.25, 0.3) is 5.56 Å². The van der Waals surface area contributed by atoms with Crippen molar-refractivity contribution in [2.75, 3.05) is 12.4 Å². The Balaban J connectivity index is 2.23. The molecule has 0 spiro atoms. The first kappa shape index (κ1) is 11.9. The van der Waals surface area contributed by atoms with Crippen LogP contribution in [0.1, 0.15) is 11.1 Å². The first-order valence-corrected chi connectivity index (χ1v) is 5.47. The van der Waals surface area contributed by atoms with Gasteiger partial charge >= 0.3 is 0 Å². The summed E-state index contributed by atoms with van der Waals surface area (Å²) >= 11 is 0. The highest BCUT2D eigenvalue weighted by Gasteiger charge is 2.01. The van der Waals surface area contributed by atoms with Crippen LogP contribution in [0.3, 0.4) is 0 Å². The second-order valence-electron chi connectivity index (χ2n) is 3.80. The molecule has 0 radical (unpaired) electrons. The molecule has 0 bridgehead atoms. The third-order valence-electron chi connectivity index (χ3n) is 2.57. The lowest BCUT2D eigenvalue weighted by Crippen LogP contribution is -2.22. The van der Waals surface area contributed by atoms with Gasteiger partial charge in [0.2, 0.25) is 0 Å². The molecule has 0 saturated heterocycles. The lowest BCUT2D eigenvalue weighted by Gasteiger charge is -2.05. The van der Waals surface area contributed by atoms with Gasteiger partial charge in [0, 0.05) is 13.1 Å². The van der Waals surface area contributed by atoms with Gasteiger partial charge in [0.05, 0.1) is 30.1 Å². The Morgan fingerprint density at radius 3 is 2.67 bits per heavy atom. The number of nitriles is 1. The lowest BCUT2D eigenvalue weighted by atomic mass is 10.1. The minimum atomic E-state index is -0.161. The molecule has 1 aromatic carbocycles. The molecule has 90 valence electrons. The summed E-state index contributed by atoms with van der Waals surface area (Å²) in [6, 6.07) is 10.6. The van der Waals surface area contributed by atoms with Crippen LogP contribution >= 0.6 is 0 Å². The monoisotopic (exact) mass is 240 g/mol. The summed E-state index contributed by atoms with van der Waals surface area (Å²) < 4.78 is 1.38. The normalized spacial score (nSPS) is 9.78. The van der Waals surface area contributed by atoms with Crippen molar-refractivity contribution in [2.45, 2.75) is 6.54 Å². The summed E-state index contributed by atoms with van der Waals surface area (Å²) in [5.74, 6) is 0. The van der Waals surface area contributed by atoms with Crippen LogP contribution in [0.2, 0.25) is 0 Å². The van der Waals surface area contributed by atoms with Gasteiger partial charge in [0.15, 0.2) is 0 Å². The van der Waals surface area contributed by atoms with E-state index in [4.69, 9.17) is 5.26 Å². The van der Waals surface area contributed by atoms with Crippen molar-refractivity contribution in [3.8, 4) is 6.07 Å². The molecule has 2 rings (SSSR count). The average Bonchev–Trinajstić information content (AvgIpc) is 2.42. The van der Waals surface area contributed by atoms with Crippen LogP contribution in [0.5, 0.6) is 0 Å². The number of hydrogen-bond donors (Lipinski definition) is 1. The van der Waals surface area contributed by atoms with Crippen LogP contribution < -0.4 is 10.9 Å². The van der Waals surface area contributed by atoms with E-state index in [1.165, 1.54) is 10.7 Å². The first-order chi connectivity index (χ1) is 8.72. The predicted molar refractivity (Wildman–Crippen MR) is 68.3 cm³/mol. The molecule has 0 aliphatic heterocycles. The number of rotatable bonds is 3. The van der Waals surface area contributed by atoms with Crippen LogP contribution in [-0.4, -0.2) is 16.8 Å². The number of nitrogens with one attached hydrogen (secondary N) is 1. The van der Waals surface area contributed by atoms with E-state index >= 15 is 0 Å². The van der Waals surface area contributed by atoms with Crippen LogP contribution in [0.15, 0.2) is 41.3 Å². The number of aromatic nitrogens is 2. The molecule has 0 aliphatic rings. The fourth-order valence-electron chi connectivity index (χ4n) is 1.55. The summed E-state index contributed by atoms with van der Waals surface area (Å²) in [6.07, 6.45) is 1.60. The molecular formula is C13H12N4O. The summed E-state index contributed by atoms with van der Waals surface area (Å²) in [5.41, 5.74) is 2.06. The van der Waals surface area contributed by atoms with Gasteiger partial charge in [-0.2, -0.15) is 10.4 Å². The van der Waals surface area contributed by atoms with Crippen molar-refractivity contribution in [1.29, 1.82) is 5.26 Å². The Bertz CT molecular complexity index is 637. The van der Waals surface area contributed by atoms with Crippen LogP contribution in [-0.2, 0) is 6.54 Å². The molecular weight excluding hydrogens is 228 g/mol. The van der Waals surface area contributed by atoms with Gasteiger partial charge in [-0.15, -0.1) is 0 Å². The number of hydrogen-bond acceptors (Lipinski definition) is 4. The largest absolute Gasteiger partial charge is 0.387 e. The van der Waals surface area contributed by atoms with E-state index in [0.717, 1.165) is 5.56 Å². The first-order valence-electron chi connectivity index (χ1n) is 5.47. The molecule has 1 aromatic heterocycles. The van der Waals surface area contributed by atoms with Crippen molar-refractivity contribution in [1.82, 2.24) is 9.78 Å². The fourth-order valence-corrected chi connectivity index (χ4v) is 1.55. The summed E-state index contributed by atoms with van der Waals surface area (Å²) in [7, 11) is 1.74. The van der Waals surface area contributed by atoms with Crippen LogP contribution in [0.4, 0.5) is 5.69 Å². The van der Waals surface area contributed by atoms with Gasteiger partial charge in [-0.3, -0.25) is 4.79 Å². The van der Waals surface area contributed by atoms with Crippen molar-refractivity contribution in [3.05, 3.63) is 58.0 Å². The van der Waals surface area contributed by atoms with E-state index in [2.05, 4.69) is 16.5 Å². The number of benzene rings is 1. The van der Waals surface area contributed by atoms with E-state index in [9.17, 15) is 4.79 Å². The van der Waals surface area contributed by atoms with Gasteiger partial charge in [-0.05, 0) is 17.7 Å². The van der Waals surface area contributed by atoms with Gasteiger partial charge in [-0.25, -0.2) is 4.68 Å². The van der Waals surface area contributed by atoms with Crippen molar-refractivity contribution >= 4 is 5.69 Å². The van der Waals surface area contributed by atoms with Gasteiger partial charge < -0.3 is 5.32 Å². The van der Waals surface area contributed by atoms with Crippen molar-refractivity contribution in [2.24, 2.45) is 0 Å². The summed E-state index contributed by atoms with van der Waals surface area (Å²) in [4.78, 5) is 11.7. The maximum absolute atomic E-state index is 11.7. The Kier molecular flexibility index (Phi) is 3.39. The predicted octanol–water partition coefficient (Wildman–Crippen LogP) is 1.20. The van der Waals surface area contributed by atoms with E-state index in [1.54, 1.807) is 25.4 Å². The molecule has 18 heavy (non-hydrogen) atoms. The second-order valence-corrected chi connectivity index (χ2v) is 3.80. The third kappa shape index (κ3) is 2.55. The Morgan fingerprint density at radius 2 is 2.11 bits per heavy atom. The maximum Gasteiger partial charge on any atom is 0.269 e. The van der Waals surface area contributed by atoms with Crippen LogP contribution in [0.25, 0.3) is 0 Å². The van der Waals surface area contributed by atoms with Crippen molar-refractivity contribution in [3.63, 3.8) is 0 Å².